The van der Waals surface area contributed by atoms with E-state index in [2.05, 4.69) is 83.6 Å². The summed E-state index contributed by atoms with van der Waals surface area (Å²) in [5.41, 5.74) is 10.0. The molecule has 4 nitrogen and oxygen atoms in total. The molecule has 0 aliphatic carbocycles. The minimum atomic E-state index is 0. The van der Waals surface area contributed by atoms with Gasteiger partial charge in [0.2, 0.25) is 0 Å². The summed E-state index contributed by atoms with van der Waals surface area (Å²) >= 11 is 0. The fraction of sp³-hybridized carbons (Fsp3) is 0.0968. The molecular formula is C31H25IrN4-. The van der Waals surface area contributed by atoms with Gasteiger partial charge in [0.15, 0.2) is 0 Å². The van der Waals surface area contributed by atoms with Crippen LogP contribution < -0.4 is 0 Å². The predicted octanol–water partition coefficient (Wildman–Crippen LogP) is 7.27. The van der Waals surface area contributed by atoms with E-state index in [4.69, 9.17) is 9.97 Å². The molecule has 4 aromatic carbocycles. The van der Waals surface area contributed by atoms with Gasteiger partial charge < -0.3 is 9.13 Å². The average molecular weight is 646 g/mol. The van der Waals surface area contributed by atoms with Gasteiger partial charge in [-0.1, -0.05) is 48.5 Å². The van der Waals surface area contributed by atoms with E-state index in [1.807, 2.05) is 49.6 Å². The Labute approximate surface area is 224 Å². The third kappa shape index (κ3) is 4.11. The molecule has 0 fully saturated rings. The van der Waals surface area contributed by atoms with Crippen LogP contribution in [-0.2, 0) is 20.1 Å². The number of benzene rings is 4. The van der Waals surface area contributed by atoms with E-state index < -0.39 is 0 Å². The number of aromatic nitrogens is 4. The number of hydrogen-bond acceptors (Lipinski definition) is 2. The molecule has 0 amide bonds. The molecule has 1 radical (unpaired) electrons. The molecule has 0 spiro atoms. The topological polar surface area (TPSA) is 35.6 Å². The Hall–Kier alpha value is -3.79. The smallest absolute Gasteiger partial charge is 0.0990 e. The third-order valence-electron chi connectivity index (χ3n) is 6.49. The van der Waals surface area contributed by atoms with Crippen LogP contribution in [0.4, 0.5) is 0 Å². The van der Waals surface area contributed by atoms with Gasteiger partial charge in [-0.25, -0.2) is 0 Å². The summed E-state index contributed by atoms with van der Waals surface area (Å²) in [5.74, 6) is 1.81. The van der Waals surface area contributed by atoms with Crippen LogP contribution in [0.2, 0.25) is 0 Å². The minimum absolute atomic E-state index is 0. The molecule has 2 aromatic heterocycles. The first-order valence-corrected chi connectivity index (χ1v) is 11.8. The average Bonchev–Trinajstić information content (AvgIpc) is 3.48. The SMILES string of the molecule is Cc1cc(-c2ccccc2)cc(C)c1-n1ccnc1-c1[c-]cc2nc(C)n(-c3ccccc3)c2c1.[Ir]. The molecule has 5 heteroatoms. The molecule has 6 rings (SSSR count). The Morgan fingerprint density at radius 2 is 1.44 bits per heavy atom. The van der Waals surface area contributed by atoms with Crippen LogP contribution in [0.1, 0.15) is 17.0 Å². The van der Waals surface area contributed by atoms with E-state index >= 15 is 0 Å². The zero-order valence-electron chi connectivity index (χ0n) is 20.4. The summed E-state index contributed by atoms with van der Waals surface area (Å²) in [6.07, 6.45) is 3.89. The van der Waals surface area contributed by atoms with Crippen molar-refractivity contribution in [3.63, 3.8) is 0 Å². The molecule has 36 heavy (non-hydrogen) atoms. The number of nitrogens with zero attached hydrogens (tertiary/aromatic N) is 4. The van der Waals surface area contributed by atoms with Crippen LogP contribution in [0.3, 0.4) is 0 Å². The Kier molecular flexibility index (Phi) is 6.44. The van der Waals surface area contributed by atoms with Crippen molar-refractivity contribution in [2.24, 2.45) is 0 Å². The first-order chi connectivity index (χ1) is 17.1. The molecule has 0 unspecified atom stereocenters. The number of rotatable bonds is 4. The van der Waals surface area contributed by atoms with Gasteiger partial charge in [0.05, 0.1) is 11.6 Å². The summed E-state index contributed by atoms with van der Waals surface area (Å²) in [6.45, 7) is 6.37. The van der Waals surface area contributed by atoms with E-state index in [0.717, 1.165) is 39.6 Å². The molecule has 0 saturated heterocycles. The second-order valence-electron chi connectivity index (χ2n) is 8.89. The van der Waals surface area contributed by atoms with Crippen molar-refractivity contribution in [1.82, 2.24) is 19.1 Å². The summed E-state index contributed by atoms with van der Waals surface area (Å²) in [7, 11) is 0. The van der Waals surface area contributed by atoms with Crippen LogP contribution in [-0.4, -0.2) is 19.1 Å². The molecular weight excluding hydrogens is 621 g/mol. The maximum absolute atomic E-state index is 4.76. The monoisotopic (exact) mass is 646 g/mol. The Morgan fingerprint density at radius 1 is 0.778 bits per heavy atom. The van der Waals surface area contributed by atoms with Crippen molar-refractivity contribution in [3.05, 3.63) is 120 Å². The van der Waals surface area contributed by atoms with Crippen LogP contribution in [0.5, 0.6) is 0 Å². The summed E-state index contributed by atoms with van der Waals surface area (Å²) in [5, 5.41) is 0. The molecule has 6 aromatic rings. The van der Waals surface area contributed by atoms with E-state index in [-0.39, 0.29) is 20.1 Å². The summed E-state index contributed by atoms with van der Waals surface area (Å²) in [4.78, 5) is 9.51. The molecule has 0 saturated carbocycles. The Morgan fingerprint density at radius 3 is 2.14 bits per heavy atom. The van der Waals surface area contributed by atoms with Crippen molar-refractivity contribution >= 4 is 11.0 Å². The normalized spacial score (nSPS) is 11.0. The molecule has 0 aliphatic rings. The van der Waals surface area contributed by atoms with E-state index in [9.17, 15) is 0 Å². The minimum Gasteiger partial charge on any atom is -0.340 e. The zero-order chi connectivity index (χ0) is 23.9. The van der Waals surface area contributed by atoms with Gasteiger partial charge in [0, 0.05) is 49.4 Å². The maximum Gasteiger partial charge on any atom is 0.0990 e. The second kappa shape index (κ2) is 9.69. The van der Waals surface area contributed by atoms with E-state index in [1.165, 1.54) is 22.3 Å². The van der Waals surface area contributed by atoms with Crippen molar-refractivity contribution in [2.75, 3.05) is 0 Å². The largest absolute Gasteiger partial charge is 0.340 e. The molecule has 2 heterocycles. The first kappa shape index (κ1) is 23.9. The van der Waals surface area contributed by atoms with Gasteiger partial charge in [-0.15, -0.1) is 23.8 Å². The number of para-hydroxylation sites is 1. The van der Waals surface area contributed by atoms with Gasteiger partial charge in [-0.05, 0) is 72.8 Å². The zero-order valence-corrected chi connectivity index (χ0v) is 22.8. The molecule has 0 bridgehead atoms. The fourth-order valence-electron chi connectivity index (χ4n) is 4.99. The number of aryl methyl sites for hydroxylation is 3. The van der Waals surface area contributed by atoms with Crippen LogP contribution in [0.15, 0.2) is 97.3 Å². The van der Waals surface area contributed by atoms with E-state index in [0.29, 0.717) is 0 Å². The molecule has 179 valence electrons. The van der Waals surface area contributed by atoms with Gasteiger partial charge in [-0.3, -0.25) is 9.97 Å². The molecule has 0 aliphatic heterocycles. The predicted molar refractivity (Wildman–Crippen MR) is 142 cm³/mol. The third-order valence-corrected chi connectivity index (χ3v) is 6.49. The van der Waals surface area contributed by atoms with Crippen LogP contribution in [0, 0.1) is 26.8 Å². The summed E-state index contributed by atoms with van der Waals surface area (Å²) in [6, 6.07) is 32.9. The molecule has 0 atom stereocenters. The van der Waals surface area contributed by atoms with E-state index in [1.54, 1.807) is 0 Å². The fourth-order valence-corrected chi connectivity index (χ4v) is 4.99. The van der Waals surface area contributed by atoms with Gasteiger partial charge in [-0.2, -0.15) is 0 Å². The standard InChI is InChI=1S/C31H25N4.Ir/c1-21-18-26(24-10-6-4-7-11-24)19-22(2)30(21)34-17-16-32-31(34)25-14-15-28-29(20-25)35(23(3)33-28)27-12-8-5-9-13-27;/h4-13,15-20H,1-3H3;/q-1;. The maximum atomic E-state index is 4.76. The van der Waals surface area contributed by atoms with Gasteiger partial charge in [0.25, 0.3) is 0 Å². The van der Waals surface area contributed by atoms with Crippen molar-refractivity contribution in [1.29, 1.82) is 0 Å². The number of fused-ring (bicyclic) bond motifs is 1. The van der Waals surface area contributed by atoms with Gasteiger partial charge in [0.1, 0.15) is 0 Å². The first-order valence-electron chi connectivity index (χ1n) is 11.8. The van der Waals surface area contributed by atoms with Crippen molar-refractivity contribution in [2.45, 2.75) is 20.8 Å². The number of imidazole rings is 2. The van der Waals surface area contributed by atoms with Crippen molar-refractivity contribution < 1.29 is 20.1 Å². The van der Waals surface area contributed by atoms with Crippen LogP contribution in [0.25, 0.3) is 44.9 Å². The number of hydrogen-bond donors (Lipinski definition) is 0. The van der Waals surface area contributed by atoms with Crippen molar-refractivity contribution in [3.8, 4) is 33.9 Å². The quantitative estimate of drug-likeness (QED) is 0.189. The van der Waals surface area contributed by atoms with Gasteiger partial charge >= 0.3 is 0 Å². The second-order valence-corrected chi connectivity index (χ2v) is 8.89. The molecule has 0 N–H and O–H groups in total. The Bertz CT molecular complexity index is 1640. The van der Waals surface area contributed by atoms with Crippen LogP contribution >= 0.6 is 0 Å². The summed E-state index contributed by atoms with van der Waals surface area (Å²) < 4.78 is 4.36. The Balaban J connectivity index is 0.00000267.